The number of thioether (sulfide) groups is 1. The largest absolute Gasteiger partial charge is 0.378 e. The van der Waals surface area contributed by atoms with Crippen LogP contribution in [-0.2, 0) is 16.9 Å². The van der Waals surface area contributed by atoms with Gasteiger partial charge in [-0.15, -0.1) is 0 Å². The molecule has 1 fully saturated rings. The van der Waals surface area contributed by atoms with E-state index in [0.29, 0.717) is 13.2 Å². The number of nitrogens with zero attached hydrogens (tertiary/aromatic N) is 3. The lowest BCUT2D eigenvalue weighted by Gasteiger charge is -2.35. The summed E-state index contributed by atoms with van der Waals surface area (Å²) in [6.07, 6.45) is 0.941. The van der Waals surface area contributed by atoms with Crippen molar-refractivity contribution in [1.29, 1.82) is 5.26 Å². The molecule has 4 nitrogen and oxygen atoms in total. The van der Waals surface area contributed by atoms with Crippen LogP contribution in [0.1, 0.15) is 36.2 Å². The first-order valence-electron chi connectivity index (χ1n) is 7.41. The van der Waals surface area contributed by atoms with Gasteiger partial charge in [0.05, 0.1) is 18.8 Å². The molecular weight excluding hydrogens is 282 g/mol. The molecule has 2 aliphatic rings. The Morgan fingerprint density at radius 2 is 2.00 bits per heavy atom. The van der Waals surface area contributed by atoms with Gasteiger partial charge in [0.2, 0.25) is 0 Å². The number of pyridine rings is 1. The first kappa shape index (κ1) is 14.7. The summed E-state index contributed by atoms with van der Waals surface area (Å²) in [7, 11) is 0. The molecule has 21 heavy (non-hydrogen) atoms. The van der Waals surface area contributed by atoms with Crippen LogP contribution < -0.4 is 4.90 Å². The lowest BCUT2D eigenvalue weighted by molar-refractivity contribution is 0.122. The quantitative estimate of drug-likeness (QED) is 0.798. The van der Waals surface area contributed by atoms with Gasteiger partial charge in [-0.3, -0.25) is 0 Å². The van der Waals surface area contributed by atoms with Crippen LogP contribution in [0.2, 0.25) is 0 Å². The lowest BCUT2D eigenvalue weighted by atomic mass is 9.92. The summed E-state index contributed by atoms with van der Waals surface area (Å²) in [6, 6.07) is 2.43. The molecule has 0 aliphatic carbocycles. The van der Waals surface area contributed by atoms with Crippen molar-refractivity contribution < 1.29 is 4.74 Å². The Morgan fingerprint density at radius 1 is 1.29 bits per heavy atom. The third-order valence-corrected chi connectivity index (χ3v) is 5.59. The van der Waals surface area contributed by atoms with Crippen molar-refractivity contribution >= 4 is 17.6 Å². The van der Waals surface area contributed by atoms with Crippen molar-refractivity contribution in [2.75, 3.05) is 31.2 Å². The fraction of sp³-hybridized carbons (Fsp3) is 0.625. The zero-order valence-corrected chi connectivity index (χ0v) is 13.7. The van der Waals surface area contributed by atoms with E-state index in [1.54, 1.807) is 0 Å². The van der Waals surface area contributed by atoms with E-state index < -0.39 is 0 Å². The van der Waals surface area contributed by atoms with Gasteiger partial charge in [0.1, 0.15) is 11.9 Å². The summed E-state index contributed by atoms with van der Waals surface area (Å²) in [5.74, 6) is 1.82. The van der Waals surface area contributed by atoms with Gasteiger partial charge in [0, 0.05) is 29.3 Å². The summed E-state index contributed by atoms with van der Waals surface area (Å²) in [6.45, 7) is 9.64. The van der Waals surface area contributed by atoms with E-state index in [1.165, 1.54) is 11.1 Å². The summed E-state index contributed by atoms with van der Waals surface area (Å²) >= 11 is 1.95. The predicted molar refractivity (Wildman–Crippen MR) is 85.8 cm³/mol. The number of hydrogen-bond donors (Lipinski definition) is 0. The molecule has 0 unspecified atom stereocenters. The van der Waals surface area contributed by atoms with Gasteiger partial charge in [-0.1, -0.05) is 13.8 Å². The van der Waals surface area contributed by atoms with Gasteiger partial charge in [-0.25, -0.2) is 4.98 Å². The zero-order chi connectivity index (χ0) is 15.0. The van der Waals surface area contributed by atoms with Crippen LogP contribution >= 0.6 is 11.8 Å². The molecule has 1 saturated heterocycles. The second-order valence-corrected chi connectivity index (χ2v) is 7.97. The van der Waals surface area contributed by atoms with Crippen molar-refractivity contribution in [3.63, 3.8) is 0 Å². The van der Waals surface area contributed by atoms with Crippen molar-refractivity contribution in [3.8, 4) is 6.07 Å². The number of anilines is 1. The molecule has 2 aliphatic heterocycles. The fourth-order valence-electron chi connectivity index (χ4n) is 3.04. The second-order valence-electron chi connectivity index (χ2n) is 6.29. The maximum Gasteiger partial charge on any atom is 0.147 e. The van der Waals surface area contributed by atoms with E-state index in [-0.39, 0.29) is 4.75 Å². The number of nitriles is 1. The number of hydrogen-bond acceptors (Lipinski definition) is 5. The molecule has 0 radical (unpaired) electrons. The molecule has 1 aromatic heterocycles. The summed E-state index contributed by atoms with van der Waals surface area (Å²) in [5, 5.41) is 9.71. The average Bonchev–Trinajstić information content (AvgIpc) is 2.46. The smallest absolute Gasteiger partial charge is 0.147 e. The Kier molecular flexibility index (Phi) is 3.85. The average molecular weight is 303 g/mol. The number of aryl methyl sites for hydroxylation is 1. The van der Waals surface area contributed by atoms with Crippen molar-refractivity contribution in [3.05, 3.63) is 22.4 Å². The van der Waals surface area contributed by atoms with E-state index in [0.717, 1.165) is 42.3 Å². The maximum atomic E-state index is 9.71. The Balaban J connectivity index is 2.10. The summed E-state index contributed by atoms with van der Waals surface area (Å²) in [5.41, 5.74) is 4.35. The van der Waals surface area contributed by atoms with Crippen LogP contribution in [-0.4, -0.2) is 36.0 Å². The van der Waals surface area contributed by atoms with Crippen LogP contribution in [0.3, 0.4) is 0 Å². The standard InChI is InChI=1S/C16H21N3OS/c1-11-14-10-21-16(2,3)8-12(14)13(9-17)15(18-11)19-4-6-20-7-5-19/h4-8,10H2,1-3H3. The fourth-order valence-corrected chi connectivity index (χ4v) is 4.20. The monoisotopic (exact) mass is 303 g/mol. The van der Waals surface area contributed by atoms with Gasteiger partial charge < -0.3 is 9.64 Å². The minimum Gasteiger partial charge on any atom is -0.378 e. The van der Waals surface area contributed by atoms with Crippen LogP contribution in [0.4, 0.5) is 5.82 Å². The molecule has 3 heterocycles. The normalized spacial score (nSPS) is 20.8. The van der Waals surface area contributed by atoms with Crippen molar-refractivity contribution in [2.45, 2.75) is 37.7 Å². The van der Waals surface area contributed by atoms with Crippen molar-refractivity contribution in [2.24, 2.45) is 0 Å². The highest BCUT2D eigenvalue weighted by Gasteiger charge is 2.31. The van der Waals surface area contributed by atoms with E-state index >= 15 is 0 Å². The molecule has 0 saturated carbocycles. The number of fused-ring (bicyclic) bond motifs is 1. The SMILES string of the molecule is Cc1nc(N2CCOCC2)c(C#N)c2c1CSC(C)(C)C2. The van der Waals surface area contributed by atoms with Crippen LogP contribution in [0.25, 0.3) is 0 Å². The third kappa shape index (κ3) is 2.75. The van der Waals surface area contributed by atoms with Gasteiger partial charge in [0.15, 0.2) is 0 Å². The molecule has 112 valence electrons. The Labute approximate surface area is 130 Å². The molecule has 3 rings (SSSR count). The number of ether oxygens (including phenoxy) is 1. The summed E-state index contributed by atoms with van der Waals surface area (Å²) < 4.78 is 5.60. The lowest BCUT2D eigenvalue weighted by Crippen LogP contribution is -2.38. The highest BCUT2D eigenvalue weighted by atomic mass is 32.2. The maximum absolute atomic E-state index is 9.71. The van der Waals surface area contributed by atoms with Crippen LogP contribution in [0.15, 0.2) is 0 Å². The Hall–Kier alpha value is -1.25. The van der Waals surface area contributed by atoms with E-state index in [4.69, 9.17) is 9.72 Å². The molecule has 0 spiro atoms. The molecule has 0 bridgehead atoms. The minimum absolute atomic E-state index is 0.189. The highest BCUT2D eigenvalue weighted by Crippen LogP contribution is 2.42. The van der Waals surface area contributed by atoms with Gasteiger partial charge in [-0.05, 0) is 24.5 Å². The third-order valence-electron chi connectivity index (χ3n) is 4.23. The first-order valence-corrected chi connectivity index (χ1v) is 8.39. The van der Waals surface area contributed by atoms with Gasteiger partial charge in [0.25, 0.3) is 0 Å². The first-order chi connectivity index (χ1) is 10.0. The van der Waals surface area contributed by atoms with Crippen LogP contribution in [0, 0.1) is 18.3 Å². The highest BCUT2D eigenvalue weighted by molar-refractivity contribution is 7.99. The van der Waals surface area contributed by atoms with Gasteiger partial charge in [-0.2, -0.15) is 17.0 Å². The zero-order valence-electron chi connectivity index (χ0n) is 12.9. The summed E-state index contributed by atoms with van der Waals surface area (Å²) in [4.78, 5) is 6.96. The molecule has 0 atom stereocenters. The van der Waals surface area contributed by atoms with E-state index in [1.807, 2.05) is 11.8 Å². The Morgan fingerprint density at radius 3 is 2.67 bits per heavy atom. The van der Waals surface area contributed by atoms with Crippen LogP contribution in [0.5, 0.6) is 0 Å². The second kappa shape index (κ2) is 5.51. The molecule has 1 aromatic rings. The van der Waals surface area contributed by atoms with Crippen molar-refractivity contribution in [1.82, 2.24) is 4.98 Å². The number of morpholine rings is 1. The molecule has 0 N–H and O–H groups in total. The molecule has 0 amide bonds. The Bertz CT molecular complexity index is 601. The number of aromatic nitrogens is 1. The number of rotatable bonds is 1. The van der Waals surface area contributed by atoms with E-state index in [2.05, 4.69) is 31.7 Å². The topological polar surface area (TPSA) is 49.2 Å². The van der Waals surface area contributed by atoms with Gasteiger partial charge >= 0.3 is 0 Å². The molecular formula is C16H21N3OS. The van der Waals surface area contributed by atoms with E-state index in [9.17, 15) is 5.26 Å². The molecule has 0 aromatic carbocycles. The minimum atomic E-state index is 0.189. The molecule has 5 heteroatoms. The predicted octanol–water partition coefficient (Wildman–Crippen LogP) is 2.67.